The molecule has 0 N–H and O–H groups in total. The van der Waals surface area contributed by atoms with Gasteiger partial charge in [0.1, 0.15) is 0 Å². The maximum Gasteiger partial charge on any atom is 0.305 e. The number of rotatable bonds is 6. The number of benzene rings is 1. The van der Waals surface area contributed by atoms with Gasteiger partial charge in [-0.2, -0.15) is 0 Å². The van der Waals surface area contributed by atoms with E-state index in [-0.39, 0.29) is 6.42 Å². The maximum atomic E-state index is 12.9. The zero-order valence-corrected chi connectivity index (χ0v) is 9.49. The summed E-state index contributed by atoms with van der Waals surface area (Å²) in [4.78, 5) is 10.4. The maximum absolute atomic E-state index is 12.9. The molecule has 0 aliphatic heterocycles. The van der Waals surface area contributed by atoms with Gasteiger partial charge in [0.25, 0.3) is 0 Å². The normalized spacial score (nSPS) is 12.1. The van der Waals surface area contributed by atoms with E-state index in [1.54, 1.807) is 0 Å². The van der Waals surface area contributed by atoms with Crippen molar-refractivity contribution in [1.82, 2.24) is 0 Å². The third-order valence-corrected chi connectivity index (χ3v) is 2.28. The predicted molar refractivity (Wildman–Crippen MR) is 60.7 cm³/mol. The Morgan fingerprint density at radius 2 is 2.00 bits per heavy atom. The van der Waals surface area contributed by atoms with Gasteiger partial charge in [-0.1, -0.05) is 30.3 Å². The van der Waals surface area contributed by atoms with Crippen LogP contribution in [-0.4, -0.2) is 12.3 Å². The Morgan fingerprint density at radius 3 is 2.62 bits per heavy atom. The van der Waals surface area contributed by atoms with Crippen LogP contribution < -0.4 is 0 Å². The lowest BCUT2D eigenvalue weighted by molar-refractivity contribution is -0.155. The molecular weight excluding hydrogens is 207 g/mol. The summed E-state index contributed by atoms with van der Waals surface area (Å²) in [5.41, 5.74) is 1.25. The number of aryl methyl sites for hydroxylation is 1. The Hall–Kier alpha value is -1.38. The highest BCUT2D eigenvalue weighted by molar-refractivity contribution is 5.65. The minimum atomic E-state index is -1.45. The number of carbonyl (C=O) groups excluding carboxylic acids is 1. The number of hydrogen-bond acceptors (Lipinski definition) is 2. The lowest BCUT2D eigenvalue weighted by Crippen LogP contribution is -2.10. The number of ether oxygens (including phenoxy) is 1. The molecule has 88 valence electrons. The van der Waals surface area contributed by atoms with E-state index in [0.29, 0.717) is 0 Å². The zero-order chi connectivity index (χ0) is 11.8. The van der Waals surface area contributed by atoms with Crippen molar-refractivity contribution < 1.29 is 13.9 Å². The summed E-state index contributed by atoms with van der Waals surface area (Å²) < 4.78 is 17.3. The first-order valence-corrected chi connectivity index (χ1v) is 5.53. The van der Waals surface area contributed by atoms with Crippen molar-refractivity contribution in [3.63, 3.8) is 0 Å². The average molecular weight is 224 g/mol. The molecule has 1 rings (SSSR count). The van der Waals surface area contributed by atoms with Crippen molar-refractivity contribution >= 4 is 5.97 Å². The second kappa shape index (κ2) is 6.99. The number of carbonyl (C=O) groups is 1. The molecule has 1 atom stereocenters. The summed E-state index contributed by atoms with van der Waals surface area (Å²) in [6, 6.07) is 10.1. The molecule has 0 saturated carbocycles. The highest BCUT2D eigenvalue weighted by Gasteiger charge is 2.08. The fraction of sp³-hybridized carbons (Fsp3) is 0.462. The Bertz CT molecular complexity index is 311. The summed E-state index contributed by atoms with van der Waals surface area (Å²) in [5, 5.41) is 0. The Balaban J connectivity index is 2.10. The topological polar surface area (TPSA) is 26.3 Å². The third-order valence-electron chi connectivity index (χ3n) is 2.28. The van der Waals surface area contributed by atoms with Gasteiger partial charge in [-0.25, -0.2) is 4.39 Å². The van der Waals surface area contributed by atoms with Crippen LogP contribution in [0, 0.1) is 0 Å². The van der Waals surface area contributed by atoms with E-state index in [0.717, 1.165) is 19.3 Å². The molecular formula is C13H17FO2. The first-order chi connectivity index (χ1) is 7.68. The van der Waals surface area contributed by atoms with Gasteiger partial charge in [0.15, 0.2) is 0 Å². The highest BCUT2D eigenvalue weighted by atomic mass is 19.1. The molecule has 2 nitrogen and oxygen atoms in total. The first kappa shape index (κ1) is 12.7. The minimum absolute atomic E-state index is 0.284. The van der Waals surface area contributed by atoms with Crippen molar-refractivity contribution in [2.75, 3.05) is 0 Å². The van der Waals surface area contributed by atoms with E-state index >= 15 is 0 Å². The summed E-state index contributed by atoms with van der Waals surface area (Å²) in [5.74, 6) is -0.560. The van der Waals surface area contributed by atoms with Crippen molar-refractivity contribution in [3.8, 4) is 0 Å². The lowest BCUT2D eigenvalue weighted by Gasteiger charge is -2.07. The number of unbranched alkanes of at least 4 members (excludes halogenated alkanes) is 1. The molecule has 1 aromatic rings. The minimum Gasteiger partial charge on any atom is -0.431 e. The van der Waals surface area contributed by atoms with Gasteiger partial charge in [0, 0.05) is 13.3 Å². The number of alkyl halides is 1. The molecule has 1 unspecified atom stereocenters. The molecule has 0 amide bonds. The molecule has 1 aromatic carbocycles. The van der Waals surface area contributed by atoms with Gasteiger partial charge >= 0.3 is 5.97 Å². The molecule has 3 heteroatoms. The smallest absolute Gasteiger partial charge is 0.305 e. The molecule has 0 aliphatic rings. The van der Waals surface area contributed by atoms with Crippen LogP contribution in [0.25, 0.3) is 0 Å². The van der Waals surface area contributed by atoms with Gasteiger partial charge in [-0.3, -0.25) is 4.79 Å². The fourth-order valence-corrected chi connectivity index (χ4v) is 1.52. The zero-order valence-electron chi connectivity index (χ0n) is 9.49. The number of hydrogen-bond donors (Lipinski definition) is 0. The highest BCUT2D eigenvalue weighted by Crippen LogP contribution is 2.10. The largest absolute Gasteiger partial charge is 0.431 e. The van der Waals surface area contributed by atoms with E-state index in [2.05, 4.69) is 16.9 Å². The molecule has 0 aromatic heterocycles. The molecule has 0 radical (unpaired) electrons. The first-order valence-electron chi connectivity index (χ1n) is 5.53. The standard InChI is InChI=1S/C13H17FO2/c1-11(15)16-13(14)10-6-5-9-12-7-3-2-4-8-12/h2-4,7-8,13H,5-6,9-10H2,1H3. The Labute approximate surface area is 95.4 Å². The molecule has 0 spiro atoms. The van der Waals surface area contributed by atoms with Crippen molar-refractivity contribution in [3.05, 3.63) is 35.9 Å². The quantitative estimate of drug-likeness (QED) is 0.547. The molecule has 0 heterocycles. The fourth-order valence-electron chi connectivity index (χ4n) is 1.52. The molecule has 0 fully saturated rings. The van der Waals surface area contributed by atoms with E-state index in [9.17, 15) is 9.18 Å². The summed E-state index contributed by atoms with van der Waals surface area (Å²) in [6.45, 7) is 1.22. The molecule has 0 bridgehead atoms. The van der Waals surface area contributed by atoms with Crippen LogP contribution in [0.15, 0.2) is 30.3 Å². The molecule has 0 saturated heterocycles. The monoisotopic (exact) mass is 224 g/mol. The van der Waals surface area contributed by atoms with Crippen LogP contribution in [0.3, 0.4) is 0 Å². The van der Waals surface area contributed by atoms with Crippen molar-refractivity contribution in [1.29, 1.82) is 0 Å². The van der Waals surface area contributed by atoms with Gasteiger partial charge in [0.2, 0.25) is 6.36 Å². The van der Waals surface area contributed by atoms with Crippen LogP contribution >= 0.6 is 0 Å². The van der Waals surface area contributed by atoms with Gasteiger partial charge in [0.05, 0.1) is 0 Å². The van der Waals surface area contributed by atoms with E-state index in [1.165, 1.54) is 12.5 Å². The Morgan fingerprint density at radius 1 is 1.31 bits per heavy atom. The van der Waals surface area contributed by atoms with Gasteiger partial charge in [-0.15, -0.1) is 0 Å². The average Bonchev–Trinajstić information content (AvgIpc) is 2.25. The second-order valence-corrected chi connectivity index (χ2v) is 3.75. The molecule has 0 aliphatic carbocycles. The van der Waals surface area contributed by atoms with Crippen LogP contribution in [-0.2, 0) is 16.0 Å². The number of esters is 1. The third kappa shape index (κ3) is 5.49. The van der Waals surface area contributed by atoms with Crippen LogP contribution in [0.4, 0.5) is 4.39 Å². The van der Waals surface area contributed by atoms with Gasteiger partial charge in [-0.05, 0) is 24.8 Å². The van der Waals surface area contributed by atoms with Crippen molar-refractivity contribution in [2.24, 2.45) is 0 Å². The van der Waals surface area contributed by atoms with E-state index in [1.807, 2.05) is 18.2 Å². The lowest BCUT2D eigenvalue weighted by atomic mass is 10.1. The van der Waals surface area contributed by atoms with Crippen molar-refractivity contribution in [2.45, 2.75) is 39.0 Å². The van der Waals surface area contributed by atoms with Crippen LogP contribution in [0.2, 0.25) is 0 Å². The predicted octanol–water partition coefficient (Wildman–Crippen LogP) is 3.26. The van der Waals surface area contributed by atoms with Crippen LogP contribution in [0.1, 0.15) is 31.7 Å². The van der Waals surface area contributed by atoms with E-state index in [4.69, 9.17) is 0 Å². The SMILES string of the molecule is CC(=O)OC(F)CCCCc1ccccc1. The van der Waals surface area contributed by atoms with E-state index < -0.39 is 12.3 Å². The summed E-state index contributed by atoms with van der Waals surface area (Å²) in [7, 11) is 0. The molecule has 16 heavy (non-hydrogen) atoms. The summed E-state index contributed by atoms with van der Waals surface area (Å²) in [6.07, 6.45) is 1.41. The second-order valence-electron chi connectivity index (χ2n) is 3.75. The van der Waals surface area contributed by atoms with Gasteiger partial charge < -0.3 is 4.74 Å². The van der Waals surface area contributed by atoms with Crippen LogP contribution in [0.5, 0.6) is 0 Å². The summed E-state index contributed by atoms with van der Waals surface area (Å²) >= 11 is 0. The Kier molecular flexibility index (Phi) is 5.54. The number of halogens is 1.